The molecule has 0 spiro atoms. The van der Waals surface area contributed by atoms with Gasteiger partial charge in [0.15, 0.2) is 11.3 Å². The number of nitrogens with one attached hydrogen (secondary N) is 1. The highest BCUT2D eigenvalue weighted by molar-refractivity contribution is 6.04. The van der Waals surface area contributed by atoms with Crippen LogP contribution < -0.4 is 10.1 Å². The molecule has 1 aliphatic rings. The molecular weight excluding hydrogens is 392 g/mol. The van der Waals surface area contributed by atoms with Gasteiger partial charge in [-0.3, -0.25) is 4.79 Å². The van der Waals surface area contributed by atoms with Crippen LogP contribution in [0.4, 0.5) is 23.2 Å². The zero-order valence-electron chi connectivity index (χ0n) is 15.2. The number of alkyl halides is 4. The maximum Gasteiger partial charge on any atom is 0.387 e. The molecule has 152 valence electrons. The molecule has 1 saturated carbocycles. The Morgan fingerprint density at radius 2 is 1.97 bits per heavy atom. The molecule has 0 aliphatic heterocycles. The molecule has 0 radical (unpaired) electrons. The number of halogens is 4. The molecule has 4 rings (SSSR count). The second-order valence-corrected chi connectivity index (χ2v) is 6.81. The molecular formula is C19H16F4N4O2. The lowest BCUT2D eigenvalue weighted by Crippen LogP contribution is -2.15. The monoisotopic (exact) mass is 408 g/mol. The lowest BCUT2D eigenvalue weighted by molar-refractivity contribution is -0.0494. The third kappa shape index (κ3) is 4.01. The Kier molecular flexibility index (Phi) is 4.85. The summed E-state index contributed by atoms with van der Waals surface area (Å²) in [6, 6.07) is 6.96. The van der Waals surface area contributed by atoms with Crippen LogP contribution in [0.5, 0.6) is 5.75 Å². The van der Waals surface area contributed by atoms with E-state index in [4.69, 9.17) is 0 Å². The van der Waals surface area contributed by atoms with E-state index < -0.39 is 18.9 Å². The first kappa shape index (κ1) is 19.2. The molecule has 0 atom stereocenters. The number of carbonyl (C=O) groups is 1. The predicted octanol–water partition coefficient (Wildman–Crippen LogP) is 4.71. The molecule has 10 heteroatoms. The fourth-order valence-electron chi connectivity index (χ4n) is 2.99. The number of amides is 1. The van der Waals surface area contributed by atoms with Crippen LogP contribution in [-0.2, 0) is 0 Å². The van der Waals surface area contributed by atoms with Crippen molar-refractivity contribution in [3.63, 3.8) is 0 Å². The van der Waals surface area contributed by atoms with Crippen molar-refractivity contribution in [2.75, 3.05) is 5.32 Å². The fourth-order valence-corrected chi connectivity index (χ4v) is 2.99. The van der Waals surface area contributed by atoms with Gasteiger partial charge >= 0.3 is 6.61 Å². The lowest BCUT2D eigenvalue weighted by atomic mass is 10.2. The van der Waals surface area contributed by atoms with Crippen LogP contribution in [0.1, 0.15) is 52.6 Å². The molecule has 1 amide bonds. The number of ether oxygens (including phenoxy) is 1. The first-order valence-electron chi connectivity index (χ1n) is 8.87. The Hall–Kier alpha value is -3.17. The third-order valence-corrected chi connectivity index (χ3v) is 4.53. The molecule has 6 nitrogen and oxygen atoms in total. The number of benzene rings is 1. The average molecular weight is 408 g/mol. The van der Waals surface area contributed by atoms with E-state index in [1.165, 1.54) is 24.3 Å². The smallest absolute Gasteiger partial charge is 0.387 e. The van der Waals surface area contributed by atoms with Crippen LogP contribution in [0, 0.1) is 6.92 Å². The molecule has 3 aromatic rings. The molecule has 0 bridgehead atoms. The van der Waals surface area contributed by atoms with Crippen molar-refractivity contribution >= 4 is 17.2 Å². The molecule has 2 aromatic heterocycles. The van der Waals surface area contributed by atoms with Crippen molar-refractivity contribution in [1.82, 2.24) is 14.6 Å². The summed E-state index contributed by atoms with van der Waals surface area (Å²) in [4.78, 5) is 16.9. The highest BCUT2D eigenvalue weighted by Gasteiger charge is 2.28. The number of anilines is 1. The zero-order valence-corrected chi connectivity index (χ0v) is 15.2. The van der Waals surface area contributed by atoms with E-state index in [9.17, 15) is 22.4 Å². The summed E-state index contributed by atoms with van der Waals surface area (Å²) in [7, 11) is 0. The van der Waals surface area contributed by atoms with Crippen molar-refractivity contribution in [1.29, 1.82) is 0 Å². The van der Waals surface area contributed by atoms with E-state index >= 15 is 0 Å². The van der Waals surface area contributed by atoms with Gasteiger partial charge < -0.3 is 10.1 Å². The minimum Gasteiger partial charge on any atom is -0.433 e. The summed E-state index contributed by atoms with van der Waals surface area (Å²) < 4.78 is 57.5. The number of rotatable bonds is 6. The normalized spacial score (nSPS) is 14.0. The molecule has 1 fully saturated rings. The van der Waals surface area contributed by atoms with Gasteiger partial charge in [-0.25, -0.2) is 18.3 Å². The highest BCUT2D eigenvalue weighted by atomic mass is 19.3. The van der Waals surface area contributed by atoms with E-state index in [-0.39, 0.29) is 34.4 Å². The second kappa shape index (κ2) is 7.34. The van der Waals surface area contributed by atoms with Gasteiger partial charge in [-0.1, -0.05) is 6.07 Å². The van der Waals surface area contributed by atoms with Crippen molar-refractivity contribution in [3.05, 3.63) is 53.0 Å². The SMILES string of the molecule is Cc1ccc(NC(=O)c2cc3nc(C4CC4)cc(C(F)F)n3n2)c(OC(F)F)c1. The van der Waals surface area contributed by atoms with Crippen LogP contribution in [0.2, 0.25) is 0 Å². The second-order valence-electron chi connectivity index (χ2n) is 6.81. The number of hydrogen-bond acceptors (Lipinski definition) is 4. The minimum absolute atomic E-state index is 0.0127. The van der Waals surface area contributed by atoms with E-state index in [0.717, 1.165) is 17.4 Å². The topological polar surface area (TPSA) is 68.5 Å². The van der Waals surface area contributed by atoms with Gasteiger partial charge in [-0.15, -0.1) is 0 Å². The van der Waals surface area contributed by atoms with Crippen LogP contribution in [-0.4, -0.2) is 27.1 Å². The Morgan fingerprint density at radius 3 is 2.62 bits per heavy atom. The van der Waals surface area contributed by atoms with E-state index in [1.807, 2.05) is 0 Å². The summed E-state index contributed by atoms with van der Waals surface area (Å²) in [5.41, 5.74) is 0.820. The Balaban J connectivity index is 1.67. The maximum atomic E-state index is 13.5. The molecule has 0 saturated heterocycles. The molecule has 1 N–H and O–H groups in total. The van der Waals surface area contributed by atoms with Gasteiger partial charge in [0, 0.05) is 17.7 Å². The van der Waals surface area contributed by atoms with Gasteiger partial charge in [0.05, 0.1) is 5.69 Å². The lowest BCUT2D eigenvalue weighted by Gasteiger charge is -2.12. The summed E-state index contributed by atoms with van der Waals surface area (Å²) in [6.07, 6.45) is -1.03. The van der Waals surface area contributed by atoms with Crippen LogP contribution in [0.25, 0.3) is 5.65 Å². The van der Waals surface area contributed by atoms with E-state index in [2.05, 4.69) is 20.1 Å². The molecule has 0 unspecified atom stereocenters. The van der Waals surface area contributed by atoms with E-state index in [1.54, 1.807) is 13.0 Å². The summed E-state index contributed by atoms with van der Waals surface area (Å²) in [6.45, 7) is -1.39. The molecule has 1 aromatic carbocycles. The van der Waals surface area contributed by atoms with Gasteiger partial charge in [-0.05, 0) is 43.5 Å². The summed E-state index contributed by atoms with van der Waals surface area (Å²) >= 11 is 0. The van der Waals surface area contributed by atoms with Gasteiger partial charge in [0.2, 0.25) is 0 Å². The van der Waals surface area contributed by atoms with Crippen LogP contribution >= 0.6 is 0 Å². The summed E-state index contributed by atoms with van der Waals surface area (Å²) in [5, 5.41) is 6.36. The van der Waals surface area contributed by atoms with Crippen molar-refractivity contribution in [2.45, 2.75) is 38.7 Å². The number of hydrogen-bond donors (Lipinski definition) is 1. The van der Waals surface area contributed by atoms with Gasteiger partial charge in [0.1, 0.15) is 11.4 Å². The third-order valence-electron chi connectivity index (χ3n) is 4.53. The van der Waals surface area contributed by atoms with Crippen LogP contribution in [0.15, 0.2) is 30.3 Å². The predicted molar refractivity (Wildman–Crippen MR) is 95.7 cm³/mol. The zero-order chi connectivity index (χ0) is 20.7. The molecule has 2 heterocycles. The number of nitrogens with zero attached hydrogens (tertiary/aromatic N) is 3. The number of carbonyl (C=O) groups excluding carboxylic acids is 1. The molecule has 1 aliphatic carbocycles. The van der Waals surface area contributed by atoms with E-state index in [0.29, 0.717) is 11.3 Å². The first-order valence-corrected chi connectivity index (χ1v) is 8.87. The number of aromatic nitrogens is 3. The van der Waals surface area contributed by atoms with Crippen LogP contribution in [0.3, 0.4) is 0 Å². The van der Waals surface area contributed by atoms with Gasteiger partial charge in [0.25, 0.3) is 12.3 Å². The quantitative estimate of drug-likeness (QED) is 0.600. The largest absolute Gasteiger partial charge is 0.433 e. The Labute approximate surface area is 162 Å². The van der Waals surface area contributed by atoms with Crippen molar-refractivity contribution in [3.8, 4) is 5.75 Å². The van der Waals surface area contributed by atoms with Gasteiger partial charge in [-0.2, -0.15) is 13.9 Å². The highest BCUT2D eigenvalue weighted by Crippen LogP contribution is 2.40. The number of fused-ring (bicyclic) bond motifs is 1. The fraction of sp³-hybridized carbons (Fsp3) is 0.316. The Morgan fingerprint density at radius 1 is 1.21 bits per heavy atom. The van der Waals surface area contributed by atoms with Crippen molar-refractivity contribution in [2.24, 2.45) is 0 Å². The first-order chi connectivity index (χ1) is 13.8. The Bertz CT molecular complexity index is 1080. The molecule has 29 heavy (non-hydrogen) atoms. The minimum atomic E-state index is -3.07. The standard InChI is InChI=1S/C19H16F4N4O2/c1-9-2-5-11(15(6-9)29-19(22)23)25-18(28)13-8-16-24-12(10-3-4-10)7-14(17(20)21)27(16)26-13/h2,5-8,10,17,19H,3-4H2,1H3,(H,25,28). The maximum absolute atomic E-state index is 13.5. The average Bonchev–Trinajstić information content (AvgIpc) is 3.41. The van der Waals surface area contributed by atoms with Crippen molar-refractivity contribution < 1.29 is 27.1 Å². The summed E-state index contributed by atoms with van der Waals surface area (Å²) in [5.74, 6) is -0.822. The number of aryl methyl sites for hydroxylation is 1.